The lowest BCUT2D eigenvalue weighted by Crippen LogP contribution is -2.43. The molecule has 0 bridgehead atoms. The fourth-order valence-corrected chi connectivity index (χ4v) is 3.68. The second-order valence-corrected chi connectivity index (χ2v) is 14.5. The van der Waals surface area contributed by atoms with E-state index in [1.807, 2.05) is 20.8 Å². The van der Waals surface area contributed by atoms with Crippen LogP contribution in [0.3, 0.4) is 0 Å². The Bertz CT molecular complexity index is 427. The molecule has 0 radical (unpaired) electrons. The summed E-state index contributed by atoms with van der Waals surface area (Å²) in [6, 6.07) is 0.209. The van der Waals surface area contributed by atoms with Gasteiger partial charge in [-0.1, -0.05) is 20.8 Å². The fourth-order valence-electron chi connectivity index (χ4n) is 2.64. The van der Waals surface area contributed by atoms with Crippen LogP contribution in [0.4, 0.5) is 4.79 Å². The highest BCUT2D eigenvalue weighted by atomic mass is 28.4. The van der Waals surface area contributed by atoms with Gasteiger partial charge in [-0.05, 0) is 64.7 Å². The van der Waals surface area contributed by atoms with Crippen molar-refractivity contribution < 1.29 is 14.0 Å². The predicted molar refractivity (Wildman–Crippen MR) is 107 cm³/mol. The fraction of sp³-hybridized carbons (Fsp3) is 0.947. The minimum absolute atomic E-state index is 0.209. The van der Waals surface area contributed by atoms with Gasteiger partial charge in [-0.25, -0.2) is 4.79 Å². The van der Waals surface area contributed by atoms with E-state index in [2.05, 4.69) is 44.1 Å². The van der Waals surface area contributed by atoms with Crippen molar-refractivity contribution in [3.63, 3.8) is 0 Å². The van der Waals surface area contributed by atoms with E-state index in [1.165, 1.54) is 0 Å². The highest BCUT2D eigenvalue weighted by molar-refractivity contribution is 6.74. The second kappa shape index (κ2) is 8.87. The average molecular weight is 373 g/mol. The molecule has 1 saturated heterocycles. The summed E-state index contributed by atoms with van der Waals surface area (Å²) in [6.45, 7) is 21.0. The van der Waals surface area contributed by atoms with Crippen molar-refractivity contribution in [3.8, 4) is 0 Å². The second-order valence-electron chi connectivity index (χ2n) is 9.72. The van der Waals surface area contributed by atoms with Crippen LogP contribution in [0.5, 0.6) is 0 Å². The molecule has 1 amide bonds. The van der Waals surface area contributed by atoms with Gasteiger partial charge in [0.2, 0.25) is 0 Å². The van der Waals surface area contributed by atoms with E-state index in [-0.39, 0.29) is 17.2 Å². The molecule has 1 atom stereocenters. The van der Waals surface area contributed by atoms with Crippen molar-refractivity contribution in [1.82, 2.24) is 10.2 Å². The number of nitrogens with zero attached hydrogens (tertiary/aromatic N) is 1. The van der Waals surface area contributed by atoms with Gasteiger partial charge in [0.1, 0.15) is 5.60 Å². The average Bonchev–Trinajstić information content (AvgIpc) is 2.60. The molecule has 1 N–H and O–H groups in total. The molecular formula is C19H40N2O3Si. The summed E-state index contributed by atoms with van der Waals surface area (Å²) in [5.74, 6) is 0. The number of ether oxygens (including phenoxy) is 1. The van der Waals surface area contributed by atoms with Gasteiger partial charge in [-0.2, -0.15) is 0 Å². The Morgan fingerprint density at radius 3 is 2.32 bits per heavy atom. The summed E-state index contributed by atoms with van der Waals surface area (Å²) in [4.78, 5) is 14.4. The third-order valence-corrected chi connectivity index (χ3v) is 9.76. The van der Waals surface area contributed by atoms with Gasteiger partial charge in [0.05, 0.1) is 0 Å². The van der Waals surface area contributed by atoms with Gasteiger partial charge >= 0.3 is 6.09 Å². The molecule has 0 unspecified atom stereocenters. The maximum atomic E-state index is 11.9. The lowest BCUT2D eigenvalue weighted by molar-refractivity contribution is 0.0499. The van der Waals surface area contributed by atoms with Gasteiger partial charge in [0.15, 0.2) is 8.32 Å². The van der Waals surface area contributed by atoms with Gasteiger partial charge in [-0.3, -0.25) is 0 Å². The minimum Gasteiger partial charge on any atom is -0.444 e. The van der Waals surface area contributed by atoms with Crippen LogP contribution in [0.15, 0.2) is 0 Å². The molecule has 1 aliphatic heterocycles. The standard InChI is InChI=1S/C19H40N2O3Si/c1-18(2,3)24-17(22)20-16-10-9-12-21(13-11-16)14-15-23-25(7,8)19(4,5)6/h16H,9-15H2,1-8H3,(H,20,22)/t16-/m0/s1. The number of amides is 1. The topological polar surface area (TPSA) is 50.8 Å². The van der Waals surface area contributed by atoms with Crippen LogP contribution in [0.1, 0.15) is 60.8 Å². The molecule has 25 heavy (non-hydrogen) atoms. The van der Waals surface area contributed by atoms with Crippen molar-refractivity contribution in [2.24, 2.45) is 0 Å². The summed E-state index contributed by atoms with van der Waals surface area (Å²) < 4.78 is 11.7. The van der Waals surface area contributed by atoms with E-state index in [0.717, 1.165) is 45.5 Å². The minimum atomic E-state index is -1.66. The first-order valence-electron chi connectivity index (χ1n) is 9.66. The van der Waals surface area contributed by atoms with Crippen LogP contribution in [0, 0.1) is 0 Å². The molecule has 0 aromatic heterocycles. The van der Waals surface area contributed by atoms with Crippen LogP contribution in [0.25, 0.3) is 0 Å². The Kier molecular flexibility index (Phi) is 7.96. The van der Waals surface area contributed by atoms with E-state index >= 15 is 0 Å². The number of likely N-dealkylation sites (tertiary alicyclic amines) is 1. The van der Waals surface area contributed by atoms with Gasteiger partial charge < -0.3 is 19.4 Å². The first-order chi connectivity index (χ1) is 11.3. The van der Waals surface area contributed by atoms with E-state index in [1.54, 1.807) is 0 Å². The first-order valence-corrected chi connectivity index (χ1v) is 12.6. The van der Waals surface area contributed by atoms with Crippen molar-refractivity contribution in [1.29, 1.82) is 0 Å². The summed E-state index contributed by atoms with van der Waals surface area (Å²) in [6.07, 6.45) is 2.78. The molecule has 5 nitrogen and oxygen atoms in total. The Morgan fingerprint density at radius 2 is 1.76 bits per heavy atom. The van der Waals surface area contributed by atoms with Crippen molar-refractivity contribution >= 4 is 14.4 Å². The van der Waals surface area contributed by atoms with E-state index in [0.29, 0.717) is 0 Å². The van der Waals surface area contributed by atoms with E-state index in [4.69, 9.17) is 9.16 Å². The summed E-state index contributed by atoms with van der Waals surface area (Å²) in [7, 11) is -1.66. The molecule has 148 valence electrons. The molecule has 0 aromatic carbocycles. The Hall–Kier alpha value is -0.593. The number of carbonyl (C=O) groups is 1. The number of hydrogen-bond acceptors (Lipinski definition) is 4. The number of hydrogen-bond donors (Lipinski definition) is 1. The molecule has 1 fully saturated rings. The zero-order valence-electron chi connectivity index (χ0n) is 17.7. The van der Waals surface area contributed by atoms with Crippen molar-refractivity contribution in [2.45, 2.75) is 90.6 Å². The Labute approximate surface area is 156 Å². The SMILES string of the molecule is CC(C)(C)OC(=O)N[C@H]1CCCN(CCO[Si](C)(C)C(C)(C)C)CC1. The summed E-state index contributed by atoms with van der Waals surface area (Å²) in [5, 5.41) is 3.28. The van der Waals surface area contributed by atoms with Crippen LogP contribution < -0.4 is 5.32 Å². The van der Waals surface area contributed by atoms with Crippen molar-refractivity contribution in [3.05, 3.63) is 0 Å². The quantitative estimate of drug-likeness (QED) is 0.727. The molecule has 6 heteroatoms. The third kappa shape index (κ3) is 8.56. The molecular weight excluding hydrogens is 332 g/mol. The molecule has 0 aliphatic carbocycles. The van der Waals surface area contributed by atoms with Gasteiger partial charge in [-0.15, -0.1) is 0 Å². The normalized spacial score (nSPS) is 20.9. The smallest absolute Gasteiger partial charge is 0.407 e. The van der Waals surface area contributed by atoms with E-state index < -0.39 is 13.9 Å². The molecule has 1 heterocycles. The predicted octanol–water partition coefficient (Wildman–Crippen LogP) is 4.39. The number of nitrogens with one attached hydrogen (secondary N) is 1. The summed E-state index contributed by atoms with van der Waals surface area (Å²) in [5.41, 5.74) is -0.443. The first kappa shape index (κ1) is 22.4. The number of rotatable bonds is 5. The highest BCUT2D eigenvalue weighted by Crippen LogP contribution is 2.36. The van der Waals surface area contributed by atoms with Crippen LogP contribution in [-0.2, 0) is 9.16 Å². The Balaban J connectivity index is 2.35. The maximum Gasteiger partial charge on any atom is 0.407 e. The number of carbonyl (C=O) groups excluding carboxylic acids is 1. The van der Waals surface area contributed by atoms with Gasteiger partial charge in [0.25, 0.3) is 0 Å². The molecule has 1 rings (SSSR count). The zero-order chi connectivity index (χ0) is 19.3. The summed E-state index contributed by atoms with van der Waals surface area (Å²) >= 11 is 0. The zero-order valence-corrected chi connectivity index (χ0v) is 18.7. The lowest BCUT2D eigenvalue weighted by atomic mass is 10.1. The largest absolute Gasteiger partial charge is 0.444 e. The highest BCUT2D eigenvalue weighted by Gasteiger charge is 2.37. The monoisotopic (exact) mass is 372 g/mol. The Morgan fingerprint density at radius 1 is 1.12 bits per heavy atom. The molecule has 1 aliphatic rings. The van der Waals surface area contributed by atoms with Gasteiger partial charge in [0, 0.05) is 25.7 Å². The lowest BCUT2D eigenvalue weighted by Gasteiger charge is -2.36. The van der Waals surface area contributed by atoms with E-state index in [9.17, 15) is 4.79 Å². The van der Waals surface area contributed by atoms with Crippen LogP contribution in [-0.4, -0.2) is 57.2 Å². The van der Waals surface area contributed by atoms with Crippen molar-refractivity contribution in [2.75, 3.05) is 26.2 Å². The molecule has 0 spiro atoms. The van der Waals surface area contributed by atoms with Crippen LogP contribution in [0.2, 0.25) is 18.1 Å². The van der Waals surface area contributed by atoms with Crippen LogP contribution >= 0.6 is 0 Å². The third-order valence-electron chi connectivity index (χ3n) is 5.22. The molecule has 0 aromatic rings. The number of alkyl carbamates (subject to hydrolysis) is 1. The molecule has 0 saturated carbocycles. The maximum absolute atomic E-state index is 11.9.